The molecule has 1 aromatic carbocycles. The Morgan fingerprint density at radius 2 is 2.06 bits per heavy atom. The van der Waals surface area contributed by atoms with E-state index in [1.807, 2.05) is 0 Å². The molecular formula is C9H8ClF3N2O. The number of aromatic hydroxyl groups is 1. The van der Waals surface area contributed by atoms with Crippen LogP contribution in [0.25, 0.3) is 0 Å². The fourth-order valence-electron chi connectivity index (χ4n) is 1.02. The van der Waals surface area contributed by atoms with Gasteiger partial charge >= 0.3 is 6.18 Å². The van der Waals surface area contributed by atoms with Gasteiger partial charge in [-0.3, -0.25) is 0 Å². The van der Waals surface area contributed by atoms with Gasteiger partial charge in [-0.05, 0) is 12.1 Å². The summed E-state index contributed by atoms with van der Waals surface area (Å²) in [6.07, 6.45) is -4.59. The minimum absolute atomic E-state index is 0.0399. The van der Waals surface area contributed by atoms with Crippen LogP contribution in [0.15, 0.2) is 23.2 Å². The quantitative estimate of drug-likeness (QED) is 0.483. The fourth-order valence-corrected chi connectivity index (χ4v) is 1.08. The second-order valence-electron chi connectivity index (χ2n) is 2.94. The lowest BCUT2D eigenvalue weighted by Gasteiger charge is -2.08. The van der Waals surface area contributed by atoms with Gasteiger partial charge in [0.1, 0.15) is 11.6 Å². The van der Waals surface area contributed by atoms with E-state index in [0.717, 1.165) is 18.2 Å². The van der Waals surface area contributed by atoms with Crippen LogP contribution in [0.4, 0.5) is 18.9 Å². The lowest BCUT2D eigenvalue weighted by molar-refractivity contribution is -0.138. The Balaban J connectivity index is 3.10. The SMILES string of the molecule is NC(CCl)=Nc1ccc(C(F)(F)F)c(O)c1. The average Bonchev–Trinajstić information content (AvgIpc) is 2.15. The number of aliphatic imine (C=N–C) groups is 1. The number of phenolic OH excluding ortho intramolecular Hbond substituents is 1. The fraction of sp³-hybridized carbons (Fsp3) is 0.222. The summed E-state index contributed by atoms with van der Waals surface area (Å²) in [5.74, 6) is -0.876. The van der Waals surface area contributed by atoms with Crippen LogP contribution in [0, 0.1) is 0 Å². The largest absolute Gasteiger partial charge is 0.507 e. The van der Waals surface area contributed by atoms with Crippen LogP contribution >= 0.6 is 11.6 Å². The maximum absolute atomic E-state index is 12.3. The van der Waals surface area contributed by atoms with Gasteiger partial charge in [0.05, 0.1) is 17.1 Å². The predicted octanol–water partition coefficient (Wildman–Crippen LogP) is 2.64. The lowest BCUT2D eigenvalue weighted by Crippen LogP contribution is -2.12. The second-order valence-corrected chi connectivity index (χ2v) is 3.20. The summed E-state index contributed by atoms with van der Waals surface area (Å²) in [6.45, 7) is 0. The maximum Gasteiger partial charge on any atom is 0.419 e. The van der Waals surface area contributed by atoms with E-state index in [2.05, 4.69) is 4.99 Å². The first-order valence-electron chi connectivity index (χ1n) is 4.14. The lowest BCUT2D eigenvalue weighted by atomic mass is 10.2. The monoisotopic (exact) mass is 252 g/mol. The molecule has 0 bridgehead atoms. The number of phenols is 1. The zero-order valence-electron chi connectivity index (χ0n) is 7.92. The van der Waals surface area contributed by atoms with Crippen LogP contribution in [-0.4, -0.2) is 16.8 Å². The van der Waals surface area contributed by atoms with Crippen molar-refractivity contribution in [1.29, 1.82) is 0 Å². The Kier molecular flexibility index (Phi) is 3.64. The van der Waals surface area contributed by atoms with E-state index in [9.17, 15) is 13.2 Å². The molecule has 88 valence electrons. The van der Waals surface area contributed by atoms with Crippen molar-refractivity contribution in [3.05, 3.63) is 23.8 Å². The molecule has 1 aromatic rings. The number of benzene rings is 1. The van der Waals surface area contributed by atoms with Crippen LogP contribution in [-0.2, 0) is 6.18 Å². The Morgan fingerprint density at radius 3 is 2.50 bits per heavy atom. The molecule has 0 aromatic heterocycles. The van der Waals surface area contributed by atoms with E-state index < -0.39 is 17.5 Å². The molecule has 0 atom stereocenters. The summed E-state index contributed by atoms with van der Waals surface area (Å²) in [5.41, 5.74) is 4.29. The van der Waals surface area contributed by atoms with Crippen molar-refractivity contribution >= 4 is 23.1 Å². The minimum Gasteiger partial charge on any atom is -0.507 e. The molecule has 0 aliphatic rings. The summed E-state index contributed by atoms with van der Waals surface area (Å²) in [5, 5.41) is 9.15. The number of alkyl halides is 4. The van der Waals surface area contributed by atoms with Crippen LogP contribution in [0.3, 0.4) is 0 Å². The molecule has 0 amide bonds. The molecule has 0 aliphatic carbocycles. The van der Waals surface area contributed by atoms with Crippen LogP contribution in [0.2, 0.25) is 0 Å². The normalized spacial score (nSPS) is 12.9. The molecule has 0 unspecified atom stereocenters. The number of halogens is 4. The van der Waals surface area contributed by atoms with Gasteiger partial charge in [-0.15, -0.1) is 11.6 Å². The van der Waals surface area contributed by atoms with Gasteiger partial charge in [0.15, 0.2) is 0 Å². The van der Waals surface area contributed by atoms with Crippen LogP contribution < -0.4 is 5.73 Å². The van der Waals surface area contributed by atoms with Gasteiger partial charge in [0, 0.05) is 6.07 Å². The third kappa shape index (κ3) is 3.03. The van der Waals surface area contributed by atoms with E-state index in [1.165, 1.54) is 0 Å². The van der Waals surface area contributed by atoms with Gasteiger partial charge in [-0.25, -0.2) is 4.99 Å². The Morgan fingerprint density at radius 1 is 1.44 bits per heavy atom. The highest BCUT2D eigenvalue weighted by Gasteiger charge is 2.33. The maximum atomic E-state index is 12.3. The molecule has 3 nitrogen and oxygen atoms in total. The molecule has 3 N–H and O–H groups in total. The van der Waals surface area contributed by atoms with Gasteiger partial charge in [-0.2, -0.15) is 13.2 Å². The Labute approximate surface area is 94.4 Å². The highest BCUT2D eigenvalue weighted by molar-refractivity contribution is 6.28. The van der Waals surface area contributed by atoms with Crippen LogP contribution in [0.1, 0.15) is 5.56 Å². The minimum atomic E-state index is -4.59. The standard InChI is InChI=1S/C9H8ClF3N2O/c10-4-8(14)15-5-1-2-6(7(16)3-5)9(11,12)13/h1-3,16H,4H2,(H2,14,15). The first kappa shape index (κ1) is 12.6. The molecule has 0 heterocycles. The van der Waals surface area contributed by atoms with Crippen molar-refractivity contribution in [2.24, 2.45) is 10.7 Å². The van der Waals surface area contributed by atoms with E-state index in [0.29, 0.717) is 0 Å². The molecule has 0 aliphatic heterocycles. The number of nitrogens with two attached hydrogens (primary N) is 1. The average molecular weight is 253 g/mol. The first-order chi connectivity index (χ1) is 7.34. The molecule has 0 saturated heterocycles. The van der Waals surface area contributed by atoms with Gasteiger partial charge in [-0.1, -0.05) is 0 Å². The van der Waals surface area contributed by atoms with E-state index in [1.54, 1.807) is 0 Å². The van der Waals surface area contributed by atoms with Crippen molar-refractivity contribution in [3.8, 4) is 5.75 Å². The highest BCUT2D eigenvalue weighted by Crippen LogP contribution is 2.37. The number of rotatable bonds is 2. The molecule has 0 spiro atoms. The summed E-state index contributed by atoms with van der Waals surface area (Å²) in [6, 6.07) is 2.71. The summed E-state index contributed by atoms with van der Waals surface area (Å²) < 4.78 is 36.8. The number of nitrogens with zero attached hydrogens (tertiary/aromatic N) is 1. The van der Waals surface area contributed by atoms with Crippen LogP contribution in [0.5, 0.6) is 5.75 Å². The van der Waals surface area contributed by atoms with Crippen molar-refractivity contribution < 1.29 is 18.3 Å². The Hall–Kier alpha value is -1.43. The van der Waals surface area contributed by atoms with E-state index in [4.69, 9.17) is 22.4 Å². The van der Waals surface area contributed by atoms with Gasteiger partial charge < -0.3 is 10.8 Å². The summed E-state index contributed by atoms with van der Waals surface area (Å²) >= 11 is 5.35. The van der Waals surface area contributed by atoms with E-state index in [-0.39, 0.29) is 17.4 Å². The third-order valence-electron chi connectivity index (χ3n) is 1.70. The van der Waals surface area contributed by atoms with Gasteiger partial charge in [0.2, 0.25) is 0 Å². The smallest absolute Gasteiger partial charge is 0.419 e. The predicted molar refractivity (Wildman–Crippen MR) is 55.1 cm³/mol. The molecule has 0 saturated carbocycles. The zero-order chi connectivity index (χ0) is 12.3. The van der Waals surface area contributed by atoms with Gasteiger partial charge in [0.25, 0.3) is 0 Å². The first-order valence-corrected chi connectivity index (χ1v) is 4.67. The van der Waals surface area contributed by atoms with Crippen molar-refractivity contribution in [2.45, 2.75) is 6.18 Å². The molecule has 1 rings (SSSR count). The van der Waals surface area contributed by atoms with Crippen molar-refractivity contribution in [2.75, 3.05) is 5.88 Å². The second kappa shape index (κ2) is 4.61. The molecule has 16 heavy (non-hydrogen) atoms. The van der Waals surface area contributed by atoms with E-state index >= 15 is 0 Å². The Bertz CT molecular complexity index is 418. The number of amidine groups is 1. The summed E-state index contributed by atoms with van der Waals surface area (Å²) in [4.78, 5) is 3.70. The molecule has 7 heteroatoms. The number of hydrogen-bond acceptors (Lipinski definition) is 2. The number of hydrogen-bond donors (Lipinski definition) is 2. The molecular weight excluding hydrogens is 245 g/mol. The third-order valence-corrected chi connectivity index (χ3v) is 1.97. The highest BCUT2D eigenvalue weighted by atomic mass is 35.5. The molecule has 0 radical (unpaired) electrons. The molecule has 0 fully saturated rings. The zero-order valence-corrected chi connectivity index (χ0v) is 8.68. The van der Waals surface area contributed by atoms with Crippen molar-refractivity contribution in [1.82, 2.24) is 0 Å². The topological polar surface area (TPSA) is 58.6 Å². The summed E-state index contributed by atoms with van der Waals surface area (Å²) in [7, 11) is 0. The van der Waals surface area contributed by atoms with Crippen molar-refractivity contribution in [3.63, 3.8) is 0 Å².